The van der Waals surface area contributed by atoms with Crippen LogP contribution in [0.1, 0.15) is 13.8 Å². The molecule has 2 heteroatoms. The lowest BCUT2D eigenvalue weighted by Crippen LogP contribution is -2.19. The van der Waals surface area contributed by atoms with Gasteiger partial charge in [0.05, 0.1) is 0 Å². The maximum absolute atomic E-state index is 9.58. The molecule has 2 rings (SSSR count). The van der Waals surface area contributed by atoms with Gasteiger partial charge in [0.1, 0.15) is 5.60 Å². The molecule has 0 amide bonds. The molecular formula is C10H12O2. The molecule has 0 atom stereocenters. The van der Waals surface area contributed by atoms with E-state index in [2.05, 4.69) is 24.3 Å². The molecule has 0 saturated carbocycles. The highest BCUT2D eigenvalue weighted by Gasteiger charge is 2.07. The quantitative estimate of drug-likeness (QED) is 0.650. The molecule has 64 valence electrons. The number of carbonyl (C=O) groups excluding carboxylic acids is 1. The Labute approximate surface area is 71.8 Å². The summed E-state index contributed by atoms with van der Waals surface area (Å²) in [5, 5.41) is 8.46. The molecule has 0 heterocycles. The average Bonchev–Trinajstić information content (AvgIpc) is 2.60. The van der Waals surface area contributed by atoms with E-state index >= 15 is 0 Å². The molecule has 0 aliphatic heterocycles. The summed E-state index contributed by atoms with van der Waals surface area (Å²) in [5.41, 5.74) is 1.71. The Kier molecular flexibility index (Phi) is 2.29. The second kappa shape index (κ2) is 3.07. The zero-order chi connectivity index (χ0) is 9.19. The fraction of sp³-hybridized carbons (Fsp3) is 0.300. The van der Waals surface area contributed by atoms with Gasteiger partial charge in [-0.15, -0.1) is 0 Å². The molecule has 0 saturated heterocycles. The van der Waals surface area contributed by atoms with Gasteiger partial charge < -0.3 is 9.90 Å². The average molecular weight is 164 g/mol. The van der Waals surface area contributed by atoms with Gasteiger partial charge in [-0.2, -0.15) is 0 Å². The van der Waals surface area contributed by atoms with Crippen molar-refractivity contribution in [3.8, 4) is 11.1 Å². The Hall–Kier alpha value is -1.15. The number of benzene rings is 1. The van der Waals surface area contributed by atoms with Crippen LogP contribution in [0.4, 0.5) is 0 Å². The van der Waals surface area contributed by atoms with Gasteiger partial charge in [0, 0.05) is 0 Å². The van der Waals surface area contributed by atoms with Crippen LogP contribution in [0, 0.1) is 0 Å². The van der Waals surface area contributed by atoms with Crippen LogP contribution in [0.3, 0.4) is 0 Å². The molecule has 2 aliphatic rings. The first-order valence-corrected chi connectivity index (χ1v) is 3.82. The first-order chi connectivity index (χ1) is 5.53. The summed E-state index contributed by atoms with van der Waals surface area (Å²) >= 11 is 0. The van der Waals surface area contributed by atoms with Crippen molar-refractivity contribution in [3.05, 3.63) is 24.3 Å². The van der Waals surface area contributed by atoms with Crippen molar-refractivity contribution in [2.45, 2.75) is 19.4 Å². The van der Waals surface area contributed by atoms with Crippen molar-refractivity contribution in [1.82, 2.24) is 0 Å². The largest absolute Gasteiger partial charge is 0.383 e. The van der Waals surface area contributed by atoms with E-state index in [4.69, 9.17) is 5.11 Å². The van der Waals surface area contributed by atoms with Crippen LogP contribution in [0.25, 0.3) is 11.1 Å². The number of hydrogen-bond acceptors (Lipinski definition) is 2. The minimum Gasteiger partial charge on any atom is -0.383 e. The summed E-state index contributed by atoms with van der Waals surface area (Å²) in [5.74, 6) is 0. The fourth-order valence-corrected chi connectivity index (χ4v) is 0.676. The predicted octanol–water partition coefficient (Wildman–Crippen LogP) is 1.62. The Bertz CT molecular complexity index is 267. The summed E-state index contributed by atoms with van der Waals surface area (Å²) in [4.78, 5) is 9.58. The van der Waals surface area contributed by atoms with Crippen molar-refractivity contribution in [1.29, 1.82) is 0 Å². The van der Waals surface area contributed by atoms with Crippen LogP contribution in [0.5, 0.6) is 0 Å². The van der Waals surface area contributed by atoms with Gasteiger partial charge in [0.15, 0.2) is 6.29 Å². The Balaban J connectivity index is 0.000000120. The maximum Gasteiger partial charge on any atom is 0.150 e. The van der Waals surface area contributed by atoms with Crippen LogP contribution in [-0.2, 0) is 4.79 Å². The Morgan fingerprint density at radius 1 is 1.33 bits per heavy atom. The van der Waals surface area contributed by atoms with Crippen molar-refractivity contribution < 1.29 is 9.90 Å². The molecule has 0 fully saturated rings. The van der Waals surface area contributed by atoms with Gasteiger partial charge in [0.2, 0.25) is 0 Å². The van der Waals surface area contributed by atoms with Crippen LogP contribution >= 0.6 is 0 Å². The number of hydrogen-bond donors (Lipinski definition) is 1. The van der Waals surface area contributed by atoms with E-state index in [0.717, 1.165) is 0 Å². The molecule has 0 radical (unpaired) electrons. The molecule has 0 aromatic rings. The molecular weight excluding hydrogens is 152 g/mol. The Morgan fingerprint density at radius 2 is 1.75 bits per heavy atom. The minimum atomic E-state index is -1.14. The zero-order valence-electron chi connectivity index (χ0n) is 7.24. The molecule has 2 aliphatic carbocycles. The van der Waals surface area contributed by atoms with Gasteiger partial charge in [0.25, 0.3) is 0 Å². The van der Waals surface area contributed by atoms with E-state index in [1.165, 1.54) is 25.0 Å². The standard InChI is InChI=1S/C6H4.C4H8O2/c1-2-5-4-6(5)3-1;1-4(2,6)3-5/h1-4H;3,6H,1-2H3. The highest BCUT2D eigenvalue weighted by molar-refractivity contribution is 5.80. The van der Waals surface area contributed by atoms with Crippen molar-refractivity contribution in [2.24, 2.45) is 0 Å². The van der Waals surface area contributed by atoms with Crippen molar-refractivity contribution in [2.75, 3.05) is 0 Å². The van der Waals surface area contributed by atoms with Crippen LogP contribution in [0.2, 0.25) is 0 Å². The van der Waals surface area contributed by atoms with Gasteiger partial charge in [-0.25, -0.2) is 0 Å². The molecule has 0 unspecified atom stereocenters. The lowest BCUT2D eigenvalue weighted by Gasteiger charge is -2.02. The highest BCUT2D eigenvalue weighted by Crippen LogP contribution is 2.32. The third-order valence-corrected chi connectivity index (χ3v) is 1.40. The van der Waals surface area contributed by atoms with Gasteiger partial charge in [-0.05, 0) is 31.0 Å². The molecule has 0 aromatic heterocycles. The van der Waals surface area contributed by atoms with Gasteiger partial charge >= 0.3 is 0 Å². The lowest BCUT2D eigenvalue weighted by molar-refractivity contribution is -0.120. The normalized spacial score (nSPS) is 11.2. The van der Waals surface area contributed by atoms with Crippen LogP contribution in [-0.4, -0.2) is 17.0 Å². The fourth-order valence-electron chi connectivity index (χ4n) is 0.676. The second-order valence-corrected chi connectivity index (χ2v) is 3.35. The lowest BCUT2D eigenvalue weighted by atomic mass is 10.2. The monoisotopic (exact) mass is 164 g/mol. The maximum atomic E-state index is 9.58. The van der Waals surface area contributed by atoms with Crippen molar-refractivity contribution >= 4 is 6.29 Å². The van der Waals surface area contributed by atoms with E-state index in [-0.39, 0.29) is 0 Å². The SMILES string of the molecule is CC(C)(O)C=O.c1cc2cc-2c1. The molecule has 0 bridgehead atoms. The van der Waals surface area contributed by atoms with E-state index in [0.29, 0.717) is 6.29 Å². The van der Waals surface area contributed by atoms with Crippen LogP contribution < -0.4 is 0 Å². The number of aldehydes is 1. The predicted molar refractivity (Wildman–Crippen MR) is 47.8 cm³/mol. The van der Waals surface area contributed by atoms with E-state index in [1.54, 1.807) is 0 Å². The number of carbonyl (C=O) groups is 1. The topological polar surface area (TPSA) is 37.3 Å². The molecule has 0 spiro atoms. The van der Waals surface area contributed by atoms with E-state index in [9.17, 15) is 4.79 Å². The summed E-state index contributed by atoms with van der Waals surface area (Å²) in [6.07, 6.45) is 0.493. The Morgan fingerprint density at radius 3 is 1.83 bits per heavy atom. The van der Waals surface area contributed by atoms with Crippen LogP contribution in [0.15, 0.2) is 24.3 Å². The summed E-state index contributed by atoms with van der Waals surface area (Å²) < 4.78 is 0. The summed E-state index contributed by atoms with van der Waals surface area (Å²) in [6, 6.07) is 8.48. The summed E-state index contributed by atoms with van der Waals surface area (Å²) in [6.45, 7) is 2.86. The molecule has 2 nitrogen and oxygen atoms in total. The molecule has 12 heavy (non-hydrogen) atoms. The highest BCUT2D eigenvalue weighted by atomic mass is 16.3. The third kappa shape index (κ3) is 2.84. The second-order valence-electron chi connectivity index (χ2n) is 3.35. The first-order valence-electron chi connectivity index (χ1n) is 3.82. The smallest absolute Gasteiger partial charge is 0.150 e. The first kappa shape index (κ1) is 8.94. The summed E-state index contributed by atoms with van der Waals surface area (Å²) in [7, 11) is 0. The van der Waals surface area contributed by atoms with Crippen molar-refractivity contribution in [3.63, 3.8) is 0 Å². The molecule has 0 aromatic carbocycles. The van der Waals surface area contributed by atoms with Gasteiger partial charge in [-0.3, -0.25) is 0 Å². The minimum absolute atomic E-state index is 0.493. The van der Waals surface area contributed by atoms with E-state index in [1.807, 2.05) is 0 Å². The third-order valence-electron chi connectivity index (χ3n) is 1.40. The van der Waals surface area contributed by atoms with Gasteiger partial charge in [-0.1, -0.05) is 18.2 Å². The zero-order valence-corrected chi connectivity index (χ0v) is 7.24. The number of rotatable bonds is 1. The molecule has 1 N–H and O–H groups in total. The van der Waals surface area contributed by atoms with E-state index < -0.39 is 5.60 Å². The number of aliphatic hydroxyl groups is 1. The number of fused-ring (bicyclic) bond motifs is 1.